The van der Waals surface area contributed by atoms with Crippen molar-refractivity contribution in [2.45, 2.75) is 17.7 Å². The zero-order chi connectivity index (χ0) is 14.2. The molecule has 8 heteroatoms. The molecule has 0 atom stereocenters. The van der Waals surface area contributed by atoms with Gasteiger partial charge in [-0.1, -0.05) is 0 Å². The molecular weight excluding hydrogens is 339 g/mol. The maximum absolute atomic E-state index is 13.4. The van der Waals surface area contributed by atoms with Gasteiger partial charge in [-0.15, -0.1) is 0 Å². The van der Waals surface area contributed by atoms with Crippen LogP contribution in [0.5, 0.6) is 0 Å². The van der Waals surface area contributed by atoms with E-state index in [4.69, 9.17) is 5.14 Å². The molecule has 1 fully saturated rings. The van der Waals surface area contributed by atoms with Crippen LogP contribution in [0.4, 0.5) is 4.39 Å². The number of sulfonamides is 1. The van der Waals surface area contributed by atoms with E-state index in [1.165, 1.54) is 0 Å². The molecule has 1 aliphatic rings. The summed E-state index contributed by atoms with van der Waals surface area (Å²) in [7, 11) is -4.10. The lowest BCUT2D eigenvalue weighted by atomic mass is 10.2. The Morgan fingerprint density at radius 2 is 2.11 bits per heavy atom. The molecule has 1 aliphatic carbocycles. The van der Waals surface area contributed by atoms with Crippen molar-refractivity contribution in [3.63, 3.8) is 0 Å². The van der Waals surface area contributed by atoms with E-state index in [0.29, 0.717) is 12.5 Å². The highest BCUT2D eigenvalue weighted by Gasteiger charge is 2.24. The average molecular weight is 351 g/mol. The summed E-state index contributed by atoms with van der Waals surface area (Å²) in [5.41, 5.74) is -0.0790. The normalized spacial score (nSPS) is 15.3. The van der Waals surface area contributed by atoms with E-state index >= 15 is 0 Å². The number of benzene rings is 1. The fourth-order valence-electron chi connectivity index (χ4n) is 1.59. The molecule has 2 rings (SSSR count). The topological polar surface area (TPSA) is 89.3 Å². The van der Waals surface area contributed by atoms with Crippen LogP contribution >= 0.6 is 15.9 Å². The van der Waals surface area contributed by atoms with Gasteiger partial charge in [0.2, 0.25) is 10.0 Å². The molecule has 0 radical (unpaired) electrons. The van der Waals surface area contributed by atoms with Crippen LogP contribution in [-0.2, 0) is 10.0 Å². The number of hydrogen-bond donors (Lipinski definition) is 2. The van der Waals surface area contributed by atoms with Crippen molar-refractivity contribution in [1.82, 2.24) is 5.32 Å². The second-order valence-electron chi connectivity index (χ2n) is 4.46. The van der Waals surface area contributed by atoms with Crippen molar-refractivity contribution < 1.29 is 17.6 Å². The summed E-state index contributed by atoms with van der Waals surface area (Å²) in [5.74, 6) is -0.888. The van der Waals surface area contributed by atoms with E-state index in [-0.39, 0.29) is 10.0 Å². The summed E-state index contributed by atoms with van der Waals surface area (Å²) in [6.07, 6.45) is 2.13. The number of rotatable bonds is 4. The van der Waals surface area contributed by atoms with E-state index < -0.39 is 26.6 Å². The summed E-state index contributed by atoms with van der Waals surface area (Å²) in [6.45, 7) is 0.506. The number of carbonyl (C=O) groups is 1. The number of carbonyl (C=O) groups excluding carboxylic acids is 1. The van der Waals surface area contributed by atoms with Gasteiger partial charge in [-0.2, -0.15) is 0 Å². The maximum Gasteiger partial charge on any atom is 0.252 e. The Hall–Kier alpha value is -0.990. The maximum atomic E-state index is 13.4. The van der Waals surface area contributed by atoms with Gasteiger partial charge < -0.3 is 5.32 Å². The van der Waals surface area contributed by atoms with Crippen LogP contribution in [0.25, 0.3) is 0 Å². The highest BCUT2D eigenvalue weighted by Crippen LogP contribution is 2.29. The first kappa shape index (κ1) is 14.4. The first-order valence-electron chi connectivity index (χ1n) is 5.59. The van der Waals surface area contributed by atoms with E-state index in [2.05, 4.69) is 21.2 Å². The summed E-state index contributed by atoms with van der Waals surface area (Å²) < 4.78 is 36.0. The summed E-state index contributed by atoms with van der Waals surface area (Å²) in [4.78, 5) is 11.4. The Morgan fingerprint density at radius 3 is 2.63 bits per heavy atom. The number of primary sulfonamides is 1. The SMILES string of the molecule is NS(=O)(=O)c1cc(F)cc(C(=O)NCC2CC2)c1Br. The fourth-order valence-corrected chi connectivity index (χ4v) is 3.31. The summed E-state index contributed by atoms with van der Waals surface area (Å²) in [6, 6.07) is 1.75. The first-order valence-corrected chi connectivity index (χ1v) is 7.93. The smallest absolute Gasteiger partial charge is 0.252 e. The first-order chi connectivity index (χ1) is 8.79. The molecule has 0 aliphatic heterocycles. The van der Waals surface area contributed by atoms with Crippen molar-refractivity contribution in [2.24, 2.45) is 11.1 Å². The predicted molar refractivity (Wildman–Crippen MR) is 70.5 cm³/mol. The van der Waals surface area contributed by atoms with Crippen molar-refractivity contribution in [3.05, 3.63) is 28.0 Å². The second-order valence-corrected chi connectivity index (χ2v) is 6.79. The zero-order valence-corrected chi connectivity index (χ0v) is 12.2. The highest BCUT2D eigenvalue weighted by atomic mass is 79.9. The summed E-state index contributed by atoms with van der Waals surface area (Å²) in [5, 5.41) is 7.61. The number of nitrogens with two attached hydrogens (primary N) is 1. The van der Waals surface area contributed by atoms with Crippen LogP contribution < -0.4 is 10.5 Å². The lowest BCUT2D eigenvalue weighted by molar-refractivity contribution is 0.0950. The minimum atomic E-state index is -4.10. The van der Waals surface area contributed by atoms with E-state index in [9.17, 15) is 17.6 Å². The molecule has 1 saturated carbocycles. The number of amides is 1. The summed E-state index contributed by atoms with van der Waals surface area (Å²) >= 11 is 2.99. The molecule has 0 saturated heterocycles. The van der Waals surface area contributed by atoms with Crippen molar-refractivity contribution in [2.75, 3.05) is 6.54 Å². The number of halogens is 2. The molecule has 0 aromatic heterocycles. The lowest BCUT2D eigenvalue weighted by Crippen LogP contribution is -2.26. The van der Waals surface area contributed by atoms with Crippen LogP contribution in [0.3, 0.4) is 0 Å². The lowest BCUT2D eigenvalue weighted by Gasteiger charge is -2.09. The van der Waals surface area contributed by atoms with E-state index in [1.54, 1.807) is 0 Å². The van der Waals surface area contributed by atoms with Gasteiger partial charge >= 0.3 is 0 Å². The molecule has 3 N–H and O–H groups in total. The monoisotopic (exact) mass is 350 g/mol. The van der Waals surface area contributed by atoms with Gasteiger partial charge in [-0.25, -0.2) is 17.9 Å². The van der Waals surface area contributed by atoms with Gasteiger partial charge in [-0.3, -0.25) is 4.79 Å². The molecular formula is C11H12BrFN2O3S. The molecule has 19 heavy (non-hydrogen) atoms. The van der Waals surface area contributed by atoms with Gasteiger partial charge in [-0.05, 0) is 46.8 Å². The Labute approximate surface area is 118 Å². The standard InChI is InChI=1S/C11H12BrFN2O3S/c12-10-8(11(16)15-5-6-1-2-6)3-7(13)4-9(10)19(14,17)18/h3-4,6H,1-2,5H2,(H,15,16)(H2,14,17,18). The third-order valence-electron chi connectivity index (χ3n) is 2.80. The van der Waals surface area contributed by atoms with Gasteiger partial charge in [0.25, 0.3) is 5.91 Å². The van der Waals surface area contributed by atoms with Gasteiger partial charge in [0.1, 0.15) is 5.82 Å². The molecule has 1 aromatic carbocycles. The Balaban J connectivity index is 2.33. The van der Waals surface area contributed by atoms with Crippen LogP contribution in [0.2, 0.25) is 0 Å². The molecule has 5 nitrogen and oxygen atoms in total. The quantitative estimate of drug-likeness (QED) is 0.859. The highest BCUT2D eigenvalue weighted by molar-refractivity contribution is 9.10. The third-order valence-corrected chi connectivity index (χ3v) is 4.86. The van der Waals surface area contributed by atoms with E-state index in [1.807, 2.05) is 0 Å². The van der Waals surface area contributed by atoms with E-state index in [0.717, 1.165) is 25.0 Å². The third kappa shape index (κ3) is 3.52. The van der Waals surface area contributed by atoms with Crippen LogP contribution in [-0.4, -0.2) is 20.9 Å². The Kier molecular flexibility index (Phi) is 3.93. The molecule has 0 unspecified atom stereocenters. The fraction of sp³-hybridized carbons (Fsp3) is 0.364. The largest absolute Gasteiger partial charge is 0.352 e. The Bertz CT molecular complexity index is 629. The predicted octanol–water partition coefficient (Wildman–Crippen LogP) is 1.38. The van der Waals surface area contributed by atoms with Gasteiger partial charge in [0, 0.05) is 6.54 Å². The number of nitrogens with one attached hydrogen (secondary N) is 1. The average Bonchev–Trinajstić information content (AvgIpc) is 3.11. The van der Waals surface area contributed by atoms with Crippen molar-refractivity contribution >= 4 is 31.9 Å². The van der Waals surface area contributed by atoms with Crippen molar-refractivity contribution in [1.29, 1.82) is 0 Å². The Morgan fingerprint density at radius 1 is 1.47 bits per heavy atom. The molecule has 1 aromatic rings. The minimum absolute atomic E-state index is 0.0234. The van der Waals surface area contributed by atoms with Gasteiger partial charge in [0.05, 0.1) is 14.9 Å². The molecule has 104 valence electrons. The zero-order valence-electron chi connectivity index (χ0n) is 9.82. The molecule has 0 bridgehead atoms. The molecule has 1 amide bonds. The minimum Gasteiger partial charge on any atom is -0.352 e. The number of hydrogen-bond acceptors (Lipinski definition) is 3. The van der Waals surface area contributed by atoms with Crippen LogP contribution in [0.1, 0.15) is 23.2 Å². The van der Waals surface area contributed by atoms with Gasteiger partial charge in [0.15, 0.2) is 0 Å². The molecule has 0 heterocycles. The van der Waals surface area contributed by atoms with Crippen LogP contribution in [0, 0.1) is 11.7 Å². The van der Waals surface area contributed by atoms with Crippen molar-refractivity contribution in [3.8, 4) is 0 Å². The van der Waals surface area contributed by atoms with Crippen LogP contribution in [0.15, 0.2) is 21.5 Å². The second kappa shape index (κ2) is 5.18. The molecule has 0 spiro atoms.